The normalized spacial score (nSPS) is 9.18. The zero-order chi connectivity index (χ0) is 18.6. The molecule has 0 radical (unpaired) electrons. The Balaban J connectivity index is 0. The molecule has 0 aliphatic carbocycles. The fourth-order valence-corrected chi connectivity index (χ4v) is 2.30. The van der Waals surface area contributed by atoms with E-state index in [2.05, 4.69) is 0 Å². The number of carbonyl (C=O) groups is 2. The molecule has 0 amide bonds. The Labute approximate surface area is 189 Å². The first kappa shape index (κ1) is 28.3. The Morgan fingerprint density at radius 1 is 0.821 bits per heavy atom. The van der Waals surface area contributed by atoms with Crippen LogP contribution in [0.5, 0.6) is 0 Å². The van der Waals surface area contributed by atoms with Gasteiger partial charge >= 0.3 is 19.5 Å². The molecule has 0 aliphatic heterocycles. The Hall–Kier alpha value is -1.93. The predicted octanol–water partition coefficient (Wildman–Crippen LogP) is -1.99. The second-order valence-corrected chi connectivity index (χ2v) is 5.48. The van der Waals surface area contributed by atoms with E-state index in [0.29, 0.717) is 0 Å². The number of benzene rings is 2. The van der Waals surface area contributed by atoms with Gasteiger partial charge < -0.3 is 24.8 Å². The van der Waals surface area contributed by atoms with E-state index in [-0.39, 0.29) is 90.4 Å². The van der Waals surface area contributed by atoms with Crippen molar-refractivity contribution in [1.82, 2.24) is 0 Å². The largest absolute Gasteiger partial charge is 2.00 e. The molecule has 0 heterocycles. The molecular formula is C16H11Cl3N2O6Zn. The molecule has 0 fully saturated rings. The van der Waals surface area contributed by atoms with Gasteiger partial charge in [0.2, 0.25) is 0 Å². The van der Waals surface area contributed by atoms with Crippen LogP contribution in [-0.2, 0) is 19.5 Å². The van der Waals surface area contributed by atoms with Gasteiger partial charge in [0.15, 0.2) is 11.6 Å². The number of nitro groups is 2. The molecule has 0 saturated carbocycles. The molecule has 28 heavy (non-hydrogen) atoms. The van der Waals surface area contributed by atoms with Crippen LogP contribution in [0.1, 0.15) is 33.6 Å². The van der Waals surface area contributed by atoms with Crippen LogP contribution in [0.4, 0.5) is 11.4 Å². The van der Waals surface area contributed by atoms with Crippen LogP contribution in [0.25, 0.3) is 0 Å². The van der Waals surface area contributed by atoms with Gasteiger partial charge in [0.25, 0.3) is 11.4 Å². The minimum absolute atomic E-state index is 0. The van der Waals surface area contributed by atoms with Gasteiger partial charge in [-0.15, -0.1) is 0 Å². The zero-order valence-electron chi connectivity index (χ0n) is 14.1. The summed E-state index contributed by atoms with van der Waals surface area (Å²) in [6.45, 7) is 0. The standard InChI is InChI=1S/C16H11ClN2O6.2ClH.Zn/c17-13-6-3-11(9-14(13)19(24)25)16(21)8-7-15(20)10-1-4-12(5-2-10)18(22)23;;;/h1-6,9H,7-8H2;2*1H;/q;;;+2/p-2. The van der Waals surface area contributed by atoms with Crippen LogP contribution in [0.3, 0.4) is 0 Å². The molecule has 0 N–H and O–H groups in total. The van der Waals surface area contributed by atoms with E-state index in [4.69, 9.17) is 11.6 Å². The maximum absolute atomic E-state index is 12.1. The summed E-state index contributed by atoms with van der Waals surface area (Å²) in [7, 11) is 0. The molecule has 0 saturated heterocycles. The van der Waals surface area contributed by atoms with Crippen molar-refractivity contribution < 1.29 is 63.7 Å². The first-order valence-electron chi connectivity index (χ1n) is 7.04. The second-order valence-electron chi connectivity index (χ2n) is 5.07. The maximum atomic E-state index is 12.1. The average Bonchev–Trinajstić information content (AvgIpc) is 2.59. The van der Waals surface area contributed by atoms with Gasteiger partial charge in [0, 0.05) is 42.2 Å². The number of nitro benzene ring substituents is 2. The minimum Gasteiger partial charge on any atom is -1.00 e. The number of hydrogen-bond donors (Lipinski definition) is 0. The van der Waals surface area contributed by atoms with E-state index in [1.165, 1.54) is 36.4 Å². The first-order chi connectivity index (χ1) is 11.8. The van der Waals surface area contributed by atoms with E-state index >= 15 is 0 Å². The quantitative estimate of drug-likeness (QED) is 0.188. The summed E-state index contributed by atoms with van der Waals surface area (Å²) in [6, 6.07) is 8.73. The summed E-state index contributed by atoms with van der Waals surface area (Å²) < 4.78 is 0. The van der Waals surface area contributed by atoms with Crippen molar-refractivity contribution >= 4 is 34.5 Å². The smallest absolute Gasteiger partial charge is 1.00 e. The third-order valence-electron chi connectivity index (χ3n) is 3.44. The minimum atomic E-state index is -0.693. The second kappa shape index (κ2) is 12.5. The van der Waals surface area contributed by atoms with Gasteiger partial charge in [0.05, 0.1) is 9.85 Å². The van der Waals surface area contributed by atoms with Crippen molar-refractivity contribution in [1.29, 1.82) is 0 Å². The number of rotatable bonds is 7. The number of Topliss-reactive ketones (excluding diaryl/α,β-unsaturated/α-hetero) is 2. The molecule has 2 rings (SSSR count). The van der Waals surface area contributed by atoms with Crippen molar-refractivity contribution in [2.45, 2.75) is 12.8 Å². The summed E-state index contributed by atoms with van der Waals surface area (Å²) in [6.07, 6.45) is -0.262. The third-order valence-corrected chi connectivity index (χ3v) is 3.76. The van der Waals surface area contributed by atoms with Crippen molar-refractivity contribution in [2.75, 3.05) is 0 Å². The van der Waals surface area contributed by atoms with Crippen molar-refractivity contribution in [3.05, 3.63) is 78.8 Å². The van der Waals surface area contributed by atoms with Gasteiger partial charge in [-0.2, -0.15) is 0 Å². The van der Waals surface area contributed by atoms with E-state index in [1.807, 2.05) is 0 Å². The zero-order valence-corrected chi connectivity index (χ0v) is 19.4. The topological polar surface area (TPSA) is 120 Å². The fourth-order valence-electron chi connectivity index (χ4n) is 2.11. The fraction of sp³-hybridized carbons (Fsp3) is 0.125. The molecule has 0 unspecified atom stereocenters. The molecule has 2 aromatic carbocycles. The third kappa shape index (κ3) is 7.24. The van der Waals surface area contributed by atoms with Crippen LogP contribution in [-0.4, -0.2) is 21.4 Å². The number of ketones is 2. The van der Waals surface area contributed by atoms with Crippen LogP contribution in [0, 0.1) is 20.2 Å². The molecule has 0 aromatic heterocycles. The number of halogens is 3. The molecule has 8 nitrogen and oxygen atoms in total. The summed E-state index contributed by atoms with van der Waals surface area (Å²) >= 11 is 5.68. The summed E-state index contributed by atoms with van der Waals surface area (Å²) in [5.41, 5.74) is -0.177. The first-order valence-corrected chi connectivity index (χ1v) is 7.42. The molecule has 0 bridgehead atoms. The van der Waals surface area contributed by atoms with E-state index in [1.54, 1.807) is 0 Å². The van der Waals surface area contributed by atoms with Crippen molar-refractivity contribution in [3.8, 4) is 0 Å². The Kier molecular flexibility index (Phi) is 12.6. The molecular weight excluding hydrogens is 488 g/mol. The van der Waals surface area contributed by atoms with Gasteiger partial charge in [-0.1, -0.05) is 11.6 Å². The monoisotopic (exact) mass is 496 g/mol. The summed E-state index contributed by atoms with van der Waals surface area (Å²) in [5.74, 6) is -0.790. The number of non-ortho nitro benzene ring substituents is 1. The number of hydrogen-bond acceptors (Lipinski definition) is 6. The SMILES string of the molecule is O=C(CCC(=O)c1ccc(Cl)c([N+](=O)[O-])c1)c1ccc([N+](=O)[O-])cc1.[Cl-].[Cl-].[Zn+2]. The average molecular weight is 499 g/mol. The summed E-state index contributed by atoms with van der Waals surface area (Å²) in [5, 5.41) is 21.3. The number of nitrogens with zero attached hydrogens (tertiary/aromatic N) is 2. The van der Waals surface area contributed by atoms with Gasteiger partial charge in [0.1, 0.15) is 5.02 Å². The van der Waals surface area contributed by atoms with E-state index < -0.39 is 15.6 Å². The molecule has 12 heteroatoms. The van der Waals surface area contributed by atoms with Gasteiger partial charge in [-0.3, -0.25) is 29.8 Å². The summed E-state index contributed by atoms with van der Waals surface area (Å²) in [4.78, 5) is 44.3. The Morgan fingerprint density at radius 3 is 1.75 bits per heavy atom. The molecule has 0 atom stereocenters. The van der Waals surface area contributed by atoms with Gasteiger partial charge in [-0.25, -0.2) is 0 Å². The van der Waals surface area contributed by atoms with Crippen LogP contribution in [0.15, 0.2) is 42.5 Å². The maximum Gasteiger partial charge on any atom is 2.00 e. The predicted molar refractivity (Wildman–Crippen MR) is 89.1 cm³/mol. The molecule has 2 aromatic rings. The van der Waals surface area contributed by atoms with Crippen LogP contribution >= 0.6 is 11.6 Å². The Morgan fingerprint density at radius 2 is 1.29 bits per heavy atom. The Bertz CT molecular complexity index is 877. The van der Waals surface area contributed by atoms with E-state index in [9.17, 15) is 29.8 Å². The van der Waals surface area contributed by atoms with Crippen molar-refractivity contribution in [2.24, 2.45) is 0 Å². The number of carbonyl (C=O) groups excluding carboxylic acids is 2. The molecule has 0 aliphatic rings. The molecule has 144 valence electrons. The van der Waals surface area contributed by atoms with E-state index in [0.717, 1.165) is 6.07 Å². The van der Waals surface area contributed by atoms with Crippen LogP contribution in [0.2, 0.25) is 5.02 Å². The van der Waals surface area contributed by atoms with Crippen molar-refractivity contribution in [3.63, 3.8) is 0 Å². The van der Waals surface area contributed by atoms with Gasteiger partial charge in [-0.05, 0) is 24.3 Å². The van der Waals surface area contributed by atoms with Crippen LogP contribution < -0.4 is 24.8 Å². The molecule has 0 spiro atoms.